The summed E-state index contributed by atoms with van der Waals surface area (Å²) >= 11 is 0. The standard InChI is InChI=1S/C36H53N3O4/c1-28(2)43-32-13-8-10-29(24-32)25-35(40)39-18-9-16-36(27-39,30-14-15-33(41-3)34(26-30)42-4)17-19-37-20-22-38(23-21-37)31-11-6-5-7-12-31/h8,10,13-15,24,26,28,31H,5-7,9,11-12,16-23,25,27H2,1-4H3/t36-/m1/s1. The normalized spacial score (nSPS) is 22.5. The number of methoxy groups -OCH3 is 2. The Bertz CT molecular complexity index is 1190. The fraction of sp³-hybridized carbons (Fsp3) is 0.639. The molecular weight excluding hydrogens is 538 g/mol. The van der Waals surface area contributed by atoms with Gasteiger partial charge in [-0.3, -0.25) is 9.69 Å². The molecule has 0 radical (unpaired) electrons. The molecule has 2 heterocycles. The monoisotopic (exact) mass is 591 g/mol. The van der Waals surface area contributed by atoms with Crippen LogP contribution in [0.15, 0.2) is 42.5 Å². The molecule has 2 aliphatic heterocycles. The van der Waals surface area contributed by atoms with Crippen LogP contribution in [0.1, 0.15) is 76.3 Å². The molecule has 1 saturated carbocycles. The molecule has 1 amide bonds. The maximum Gasteiger partial charge on any atom is 0.227 e. The van der Waals surface area contributed by atoms with Crippen molar-refractivity contribution < 1.29 is 19.0 Å². The molecule has 3 aliphatic rings. The second-order valence-electron chi connectivity index (χ2n) is 13.2. The Morgan fingerprint density at radius 1 is 0.907 bits per heavy atom. The average molecular weight is 592 g/mol. The number of carbonyl (C=O) groups excluding carboxylic acids is 1. The van der Waals surface area contributed by atoms with Gasteiger partial charge in [0.1, 0.15) is 5.75 Å². The van der Waals surface area contributed by atoms with Gasteiger partial charge in [0.25, 0.3) is 0 Å². The van der Waals surface area contributed by atoms with Crippen LogP contribution in [0.25, 0.3) is 0 Å². The molecule has 1 aliphatic carbocycles. The quantitative estimate of drug-likeness (QED) is 0.323. The van der Waals surface area contributed by atoms with Crippen LogP contribution < -0.4 is 14.2 Å². The first-order chi connectivity index (χ1) is 20.9. The Kier molecular flexibility index (Phi) is 10.9. The van der Waals surface area contributed by atoms with Gasteiger partial charge >= 0.3 is 0 Å². The number of likely N-dealkylation sites (tertiary alicyclic amines) is 1. The van der Waals surface area contributed by atoms with Crippen molar-refractivity contribution in [1.29, 1.82) is 0 Å². The third-order valence-corrected chi connectivity index (χ3v) is 9.96. The van der Waals surface area contributed by atoms with E-state index in [-0.39, 0.29) is 17.4 Å². The van der Waals surface area contributed by atoms with E-state index in [9.17, 15) is 4.79 Å². The van der Waals surface area contributed by atoms with E-state index >= 15 is 0 Å². The van der Waals surface area contributed by atoms with Crippen molar-refractivity contribution in [2.24, 2.45) is 0 Å². The van der Waals surface area contributed by atoms with Crippen molar-refractivity contribution in [3.05, 3.63) is 53.6 Å². The molecule has 0 bridgehead atoms. The number of piperazine rings is 1. The highest BCUT2D eigenvalue weighted by Crippen LogP contribution is 2.41. The number of carbonyl (C=O) groups is 1. The van der Waals surface area contributed by atoms with Crippen molar-refractivity contribution in [3.63, 3.8) is 0 Å². The lowest BCUT2D eigenvalue weighted by atomic mass is 9.71. The summed E-state index contributed by atoms with van der Waals surface area (Å²) in [6.45, 7) is 11.2. The molecule has 1 atom stereocenters. The van der Waals surface area contributed by atoms with E-state index in [0.717, 1.165) is 80.8 Å². The van der Waals surface area contributed by atoms with Crippen molar-refractivity contribution in [2.45, 2.75) is 89.2 Å². The molecule has 7 nitrogen and oxygen atoms in total. The van der Waals surface area contributed by atoms with E-state index in [4.69, 9.17) is 14.2 Å². The topological polar surface area (TPSA) is 54.5 Å². The first kappa shape index (κ1) is 31.6. The fourth-order valence-corrected chi connectivity index (χ4v) is 7.55. The summed E-state index contributed by atoms with van der Waals surface area (Å²) in [6.07, 6.45) is 10.5. The molecule has 2 aromatic carbocycles. The Hall–Kier alpha value is -2.77. The number of benzene rings is 2. The predicted molar refractivity (Wildman–Crippen MR) is 172 cm³/mol. The van der Waals surface area contributed by atoms with Crippen LogP contribution in [0.2, 0.25) is 0 Å². The SMILES string of the molecule is COc1ccc([C@@]2(CCN3CCN(C4CCCCC4)CC3)CCCN(C(=O)Cc3cccc(OC(C)C)c3)C2)cc1OC. The minimum atomic E-state index is -0.128. The lowest BCUT2D eigenvalue weighted by Gasteiger charge is -2.46. The summed E-state index contributed by atoms with van der Waals surface area (Å²) < 4.78 is 17.2. The highest BCUT2D eigenvalue weighted by molar-refractivity contribution is 5.79. The molecule has 0 unspecified atom stereocenters. The number of piperidine rings is 1. The third-order valence-electron chi connectivity index (χ3n) is 9.96. The predicted octanol–water partition coefficient (Wildman–Crippen LogP) is 5.93. The first-order valence-electron chi connectivity index (χ1n) is 16.6. The number of ether oxygens (including phenoxy) is 3. The van der Waals surface area contributed by atoms with E-state index in [2.05, 4.69) is 26.8 Å². The number of amides is 1. The molecule has 2 saturated heterocycles. The number of nitrogens with zero attached hydrogens (tertiary/aromatic N) is 3. The van der Waals surface area contributed by atoms with E-state index in [1.165, 1.54) is 50.8 Å². The Morgan fingerprint density at radius 3 is 2.40 bits per heavy atom. The molecule has 0 N–H and O–H groups in total. The zero-order valence-electron chi connectivity index (χ0n) is 27.0. The zero-order valence-corrected chi connectivity index (χ0v) is 27.0. The molecule has 0 aromatic heterocycles. The Labute approximate surface area is 259 Å². The minimum absolute atomic E-state index is 0.102. The van der Waals surface area contributed by atoms with Crippen LogP contribution in [0.4, 0.5) is 0 Å². The van der Waals surface area contributed by atoms with Crippen LogP contribution in [0.5, 0.6) is 17.2 Å². The average Bonchev–Trinajstić information content (AvgIpc) is 3.04. The van der Waals surface area contributed by atoms with Crippen molar-refractivity contribution in [2.75, 3.05) is 60.0 Å². The third kappa shape index (κ3) is 8.04. The van der Waals surface area contributed by atoms with Gasteiger partial charge in [0.15, 0.2) is 11.5 Å². The summed E-state index contributed by atoms with van der Waals surface area (Å²) in [6, 6.07) is 15.2. The van der Waals surface area contributed by atoms with Gasteiger partial charge in [-0.1, -0.05) is 37.5 Å². The van der Waals surface area contributed by atoms with Crippen LogP contribution in [0, 0.1) is 0 Å². The van der Waals surface area contributed by atoms with Gasteiger partial charge in [-0.25, -0.2) is 0 Å². The lowest BCUT2D eigenvalue weighted by molar-refractivity contribution is -0.132. The lowest BCUT2D eigenvalue weighted by Crippen LogP contribution is -2.53. The molecule has 3 fully saturated rings. The summed E-state index contributed by atoms with van der Waals surface area (Å²) in [5.41, 5.74) is 2.12. The number of hydrogen-bond donors (Lipinski definition) is 0. The summed E-state index contributed by atoms with van der Waals surface area (Å²) in [5.74, 6) is 2.51. The Balaban J connectivity index is 1.30. The van der Waals surface area contributed by atoms with Crippen LogP contribution in [-0.4, -0.2) is 92.8 Å². The largest absolute Gasteiger partial charge is 0.493 e. The van der Waals surface area contributed by atoms with Gasteiger partial charge in [-0.2, -0.15) is 0 Å². The van der Waals surface area contributed by atoms with E-state index in [1.807, 2.05) is 44.2 Å². The van der Waals surface area contributed by atoms with Crippen molar-refractivity contribution >= 4 is 5.91 Å². The molecule has 2 aromatic rings. The number of rotatable bonds is 11. The number of hydrogen-bond acceptors (Lipinski definition) is 6. The molecule has 43 heavy (non-hydrogen) atoms. The zero-order chi connectivity index (χ0) is 30.2. The Morgan fingerprint density at radius 2 is 1.67 bits per heavy atom. The first-order valence-corrected chi connectivity index (χ1v) is 16.6. The van der Waals surface area contributed by atoms with Crippen LogP contribution >= 0.6 is 0 Å². The van der Waals surface area contributed by atoms with Crippen LogP contribution in [-0.2, 0) is 16.6 Å². The maximum absolute atomic E-state index is 13.8. The minimum Gasteiger partial charge on any atom is -0.493 e. The summed E-state index contributed by atoms with van der Waals surface area (Å²) in [4.78, 5) is 21.3. The highest BCUT2D eigenvalue weighted by atomic mass is 16.5. The van der Waals surface area contributed by atoms with E-state index in [0.29, 0.717) is 6.42 Å². The molecular formula is C36H53N3O4. The van der Waals surface area contributed by atoms with E-state index in [1.54, 1.807) is 14.2 Å². The van der Waals surface area contributed by atoms with E-state index < -0.39 is 0 Å². The molecule has 236 valence electrons. The second kappa shape index (κ2) is 14.8. The van der Waals surface area contributed by atoms with Crippen LogP contribution in [0.3, 0.4) is 0 Å². The molecule has 7 heteroatoms. The van der Waals surface area contributed by atoms with Gasteiger partial charge in [0.2, 0.25) is 5.91 Å². The maximum atomic E-state index is 13.8. The van der Waals surface area contributed by atoms with Gasteiger partial charge in [0, 0.05) is 50.7 Å². The van der Waals surface area contributed by atoms with Gasteiger partial charge in [0.05, 0.1) is 26.7 Å². The molecule has 0 spiro atoms. The van der Waals surface area contributed by atoms with Crippen molar-refractivity contribution in [1.82, 2.24) is 14.7 Å². The smallest absolute Gasteiger partial charge is 0.227 e. The summed E-state index contributed by atoms with van der Waals surface area (Å²) in [7, 11) is 3.39. The van der Waals surface area contributed by atoms with Gasteiger partial charge in [-0.15, -0.1) is 0 Å². The summed E-state index contributed by atoms with van der Waals surface area (Å²) in [5, 5.41) is 0. The fourth-order valence-electron chi connectivity index (χ4n) is 7.55. The van der Waals surface area contributed by atoms with Crippen molar-refractivity contribution in [3.8, 4) is 17.2 Å². The highest BCUT2D eigenvalue weighted by Gasteiger charge is 2.39. The molecule has 5 rings (SSSR count). The van der Waals surface area contributed by atoms with Gasteiger partial charge < -0.3 is 24.0 Å². The second-order valence-corrected chi connectivity index (χ2v) is 13.2. The van der Waals surface area contributed by atoms with Gasteiger partial charge in [-0.05, 0) is 87.9 Å².